The highest BCUT2D eigenvalue weighted by Crippen LogP contribution is 2.47. The van der Waals surface area contributed by atoms with Gasteiger partial charge in [0.1, 0.15) is 22.3 Å². The summed E-state index contributed by atoms with van der Waals surface area (Å²) in [5.41, 5.74) is 11.3. The van der Waals surface area contributed by atoms with Gasteiger partial charge < -0.3 is 13.7 Å². The van der Waals surface area contributed by atoms with Crippen LogP contribution in [0.1, 0.15) is 0 Å². The monoisotopic (exact) mass is 733 g/mol. The molecule has 0 radical (unpaired) electrons. The van der Waals surface area contributed by atoms with Gasteiger partial charge in [0.15, 0.2) is 0 Å². The van der Waals surface area contributed by atoms with E-state index in [1.165, 1.54) is 31.3 Å². The van der Waals surface area contributed by atoms with Crippen molar-refractivity contribution in [1.29, 1.82) is 0 Å². The molecule has 56 heavy (non-hydrogen) atoms. The lowest BCUT2D eigenvalue weighted by atomic mass is 9.94. The molecule has 0 amide bonds. The second-order valence-electron chi connectivity index (χ2n) is 14.4. The number of hydrogen-bond acceptors (Lipinski definition) is 4. The largest absolute Gasteiger partial charge is 0.456 e. The van der Waals surface area contributed by atoms with Gasteiger partial charge in [-0.05, 0) is 94.2 Å². The van der Waals surface area contributed by atoms with Crippen molar-refractivity contribution >= 4 is 103 Å². The molecule has 3 aromatic heterocycles. The van der Waals surface area contributed by atoms with Crippen molar-refractivity contribution in [2.24, 2.45) is 0 Å². The second-order valence-corrected chi connectivity index (χ2v) is 15.5. The normalized spacial score (nSPS) is 11.9. The van der Waals surface area contributed by atoms with Crippen molar-refractivity contribution in [3.05, 3.63) is 188 Å². The van der Waals surface area contributed by atoms with Gasteiger partial charge in [0.25, 0.3) is 0 Å². The average Bonchev–Trinajstić information content (AvgIpc) is 3.95. The van der Waals surface area contributed by atoms with Gasteiger partial charge in [-0.3, -0.25) is 0 Å². The summed E-state index contributed by atoms with van der Waals surface area (Å²) in [6.45, 7) is 0. The lowest BCUT2D eigenvalue weighted by molar-refractivity contribution is 0.669. The molecule has 0 fully saturated rings. The van der Waals surface area contributed by atoms with Crippen LogP contribution in [-0.2, 0) is 0 Å². The van der Waals surface area contributed by atoms with Crippen LogP contribution in [0, 0.1) is 0 Å². The maximum Gasteiger partial charge on any atom is 0.143 e. The van der Waals surface area contributed by atoms with Crippen LogP contribution in [0.3, 0.4) is 0 Å². The van der Waals surface area contributed by atoms with Gasteiger partial charge in [0.05, 0.1) is 0 Å². The Labute approximate surface area is 325 Å². The molecule has 0 aliphatic rings. The fraction of sp³-hybridized carbons (Fsp3) is 0. The number of thiophene rings is 1. The fourth-order valence-corrected chi connectivity index (χ4v) is 9.83. The fourth-order valence-electron chi connectivity index (χ4n) is 8.69. The highest BCUT2D eigenvalue weighted by atomic mass is 32.1. The van der Waals surface area contributed by atoms with E-state index in [1.807, 2.05) is 23.5 Å². The van der Waals surface area contributed by atoms with Gasteiger partial charge in [-0.1, -0.05) is 121 Å². The maximum absolute atomic E-state index is 6.94. The van der Waals surface area contributed by atoms with Crippen LogP contribution in [0.25, 0.3) is 97.1 Å². The van der Waals surface area contributed by atoms with Crippen LogP contribution in [0.15, 0.2) is 197 Å². The molecule has 0 aliphatic heterocycles. The summed E-state index contributed by atoms with van der Waals surface area (Å²) in [5.74, 6) is 0. The zero-order valence-electron chi connectivity index (χ0n) is 30.1. The predicted molar refractivity (Wildman–Crippen MR) is 237 cm³/mol. The van der Waals surface area contributed by atoms with E-state index in [1.54, 1.807) is 0 Å². The van der Waals surface area contributed by atoms with Gasteiger partial charge in [-0.25, -0.2) is 0 Å². The zero-order chi connectivity index (χ0) is 36.7. The first-order valence-electron chi connectivity index (χ1n) is 18.9. The summed E-state index contributed by atoms with van der Waals surface area (Å²) in [7, 11) is 0. The molecule has 0 saturated carbocycles. The number of nitrogens with zero attached hydrogens (tertiary/aromatic N) is 1. The molecular formula is C52H31NO2S. The van der Waals surface area contributed by atoms with E-state index < -0.39 is 0 Å². The summed E-state index contributed by atoms with van der Waals surface area (Å²) in [6.07, 6.45) is 0. The molecule has 3 nitrogen and oxygen atoms in total. The highest BCUT2D eigenvalue weighted by molar-refractivity contribution is 7.25. The predicted octanol–water partition coefficient (Wildman–Crippen LogP) is 15.8. The SMILES string of the molecule is c1ccc(-c2ccc(N(c3ccc4c(c3)sc3ccccc34)c3ccc4oc5c(-c6cccc7oc8ccccc8c67)cc6ccccc6c5c4c3)cc2)cc1. The van der Waals surface area contributed by atoms with E-state index >= 15 is 0 Å². The van der Waals surface area contributed by atoms with Crippen LogP contribution < -0.4 is 4.90 Å². The minimum absolute atomic E-state index is 0.852. The van der Waals surface area contributed by atoms with Crippen LogP contribution >= 0.6 is 11.3 Å². The molecule has 0 N–H and O–H groups in total. The van der Waals surface area contributed by atoms with E-state index in [9.17, 15) is 0 Å². The van der Waals surface area contributed by atoms with E-state index in [0.717, 1.165) is 82.8 Å². The molecule has 4 heteroatoms. The molecule has 0 bridgehead atoms. The smallest absolute Gasteiger partial charge is 0.143 e. The van der Waals surface area contributed by atoms with Gasteiger partial charge in [-0.15, -0.1) is 11.3 Å². The Hall–Kier alpha value is -7.14. The van der Waals surface area contributed by atoms with Gasteiger partial charge in [0.2, 0.25) is 0 Å². The Bertz CT molecular complexity index is 3480. The molecule has 0 atom stereocenters. The third kappa shape index (κ3) is 4.76. The summed E-state index contributed by atoms with van der Waals surface area (Å²) in [6, 6.07) is 67.2. The van der Waals surface area contributed by atoms with Crippen LogP contribution in [0.4, 0.5) is 17.1 Å². The molecule has 12 aromatic rings. The molecule has 9 aromatic carbocycles. The molecule has 12 rings (SSSR count). The third-order valence-corrected chi connectivity index (χ3v) is 12.4. The lowest BCUT2D eigenvalue weighted by Gasteiger charge is -2.26. The van der Waals surface area contributed by atoms with Crippen molar-refractivity contribution in [2.45, 2.75) is 0 Å². The summed E-state index contributed by atoms with van der Waals surface area (Å²) >= 11 is 1.84. The third-order valence-electron chi connectivity index (χ3n) is 11.3. The summed E-state index contributed by atoms with van der Waals surface area (Å²) in [4.78, 5) is 2.38. The number of furan rings is 2. The summed E-state index contributed by atoms with van der Waals surface area (Å²) < 4.78 is 15.8. The Balaban J connectivity index is 1.10. The average molecular weight is 734 g/mol. The second kappa shape index (κ2) is 12.2. The van der Waals surface area contributed by atoms with E-state index in [-0.39, 0.29) is 0 Å². The molecule has 0 spiro atoms. The maximum atomic E-state index is 6.94. The van der Waals surface area contributed by atoms with Gasteiger partial charge in [-0.2, -0.15) is 0 Å². The molecule has 262 valence electrons. The van der Waals surface area contributed by atoms with Gasteiger partial charge >= 0.3 is 0 Å². The number of hydrogen-bond donors (Lipinski definition) is 0. The number of benzene rings is 9. The first-order chi connectivity index (χ1) is 27.7. The van der Waals surface area contributed by atoms with Crippen molar-refractivity contribution in [1.82, 2.24) is 0 Å². The van der Waals surface area contributed by atoms with Crippen molar-refractivity contribution in [3.8, 4) is 22.3 Å². The van der Waals surface area contributed by atoms with Crippen molar-refractivity contribution in [3.63, 3.8) is 0 Å². The summed E-state index contributed by atoms with van der Waals surface area (Å²) in [5, 5.41) is 9.29. The van der Waals surface area contributed by atoms with Crippen LogP contribution in [0.5, 0.6) is 0 Å². The Morgan fingerprint density at radius 2 is 1.02 bits per heavy atom. The van der Waals surface area contributed by atoms with Crippen LogP contribution in [0.2, 0.25) is 0 Å². The van der Waals surface area contributed by atoms with Crippen molar-refractivity contribution in [2.75, 3.05) is 4.90 Å². The molecule has 0 unspecified atom stereocenters. The molecule has 0 saturated heterocycles. The molecule has 0 aliphatic carbocycles. The number of anilines is 3. The number of para-hydroxylation sites is 1. The zero-order valence-corrected chi connectivity index (χ0v) is 30.9. The molecule has 3 heterocycles. The van der Waals surface area contributed by atoms with Crippen LogP contribution in [-0.4, -0.2) is 0 Å². The quantitative estimate of drug-likeness (QED) is 0.176. The number of fused-ring (bicyclic) bond motifs is 11. The lowest BCUT2D eigenvalue weighted by Crippen LogP contribution is -2.09. The standard InChI is InChI=1S/C52H31NO2S/c1-2-11-32(12-3-1)33-21-23-35(24-22-33)53(37-25-27-40-39-15-7-9-20-48(39)56-49(40)31-37)36-26-28-46-44(30-36)51-38-14-5-4-13-34(38)29-43(52(51)55-46)41-17-10-19-47-50(41)42-16-6-8-18-45(42)54-47/h1-31H. The Morgan fingerprint density at radius 1 is 0.357 bits per heavy atom. The van der Waals surface area contributed by atoms with Crippen molar-refractivity contribution < 1.29 is 8.83 Å². The minimum Gasteiger partial charge on any atom is -0.456 e. The van der Waals surface area contributed by atoms with E-state index in [4.69, 9.17) is 8.83 Å². The topological polar surface area (TPSA) is 29.5 Å². The van der Waals surface area contributed by atoms with Gasteiger partial charge in [0, 0.05) is 64.3 Å². The van der Waals surface area contributed by atoms with E-state index in [2.05, 4.69) is 181 Å². The molecular weight excluding hydrogens is 703 g/mol. The number of rotatable bonds is 5. The minimum atomic E-state index is 0.852. The first-order valence-corrected chi connectivity index (χ1v) is 19.7. The Morgan fingerprint density at radius 3 is 1.91 bits per heavy atom. The Kier molecular flexibility index (Phi) is 6.80. The van der Waals surface area contributed by atoms with E-state index in [0.29, 0.717) is 0 Å². The first kappa shape index (κ1) is 31.2. The highest BCUT2D eigenvalue weighted by Gasteiger charge is 2.22.